The summed E-state index contributed by atoms with van der Waals surface area (Å²) in [4.78, 5) is 14.7. The first-order chi connectivity index (χ1) is 10.1. The number of ether oxygens (including phenoxy) is 1. The Bertz CT molecular complexity index is 539. The van der Waals surface area contributed by atoms with Crippen LogP contribution in [0.4, 0.5) is 5.69 Å². The third-order valence-electron chi connectivity index (χ3n) is 3.58. The summed E-state index contributed by atoms with van der Waals surface area (Å²) in [5.41, 5.74) is 6.49. The van der Waals surface area contributed by atoms with E-state index in [2.05, 4.69) is 10.3 Å². The van der Waals surface area contributed by atoms with Gasteiger partial charge in [-0.2, -0.15) is 0 Å². The average molecular weight is 292 g/mol. The van der Waals surface area contributed by atoms with E-state index in [-0.39, 0.29) is 11.4 Å². The molecule has 7 heteroatoms. The van der Waals surface area contributed by atoms with Crippen molar-refractivity contribution >= 4 is 11.6 Å². The zero-order valence-corrected chi connectivity index (χ0v) is 12.0. The lowest BCUT2D eigenvalue weighted by atomic mass is 10.2. The highest BCUT2D eigenvalue weighted by Gasteiger charge is 2.16. The van der Waals surface area contributed by atoms with Crippen molar-refractivity contribution in [1.29, 1.82) is 0 Å². The van der Waals surface area contributed by atoms with Crippen molar-refractivity contribution in [3.8, 4) is 5.75 Å². The molecule has 0 amide bonds. The summed E-state index contributed by atoms with van der Waals surface area (Å²) >= 11 is 0. The first-order valence-corrected chi connectivity index (χ1v) is 6.98. The molecule has 1 aromatic carbocycles. The van der Waals surface area contributed by atoms with Gasteiger partial charge in [-0.05, 0) is 24.5 Å². The summed E-state index contributed by atoms with van der Waals surface area (Å²) in [5, 5.41) is 14.1. The van der Waals surface area contributed by atoms with Crippen LogP contribution in [0.5, 0.6) is 5.75 Å². The van der Waals surface area contributed by atoms with Crippen LogP contribution in [0.1, 0.15) is 31.2 Å². The lowest BCUT2D eigenvalue weighted by Gasteiger charge is -2.12. The minimum atomic E-state index is -0.466. The van der Waals surface area contributed by atoms with Crippen molar-refractivity contribution in [3.63, 3.8) is 0 Å². The molecule has 1 saturated carbocycles. The number of nitrogens with one attached hydrogen (secondary N) is 1. The predicted octanol–water partition coefficient (Wildman–Crippen LogP) is 1.95. The molecule has 0 bridgehead atoms. The Balaban J connectivity index is 2.01. The summed E-state index contributed by atoms with van der Waals surface area (Å²) in [5.74, 6) is 0.630. The van der Waals surface area contributed by atoms with Gasteiger partial charge in [0.25, 0.3) is 0 Å². The third-order valence-corrected chi connectivity index (χ3v) is 3.58. The van der Waals surface area contributed by atoms with Gasteiger partial charge in [-0.25, -0.2) is 4.99 Å². The fourth-order valence-electron chi connectivity index (χ4n) is 2.48. The Hall–Kier alpha value is -2.31. The van der Waals surface area contributed by atoms with Gasteiger partial charge in [0.1, 0.15) is 0 Å². The maximum Gasteiger partial charge on any atom is 0.311 e. The molecule has 0 aliphatic heterocycles. The normalized spacial score (nSPS) is 16.0. The van der Waals surface area contributed by atoms with Crippen molar-refractivity contribution in [2.75, 3.05) is 7.11 Å². The third kappa shape index (κ3) is 4.08. The number of benzene rings is 1. The Labute approximate surface area is 123 Å². The van der Waals surface area contributed by atoms with Crippen LogP contribution in [0.3, 0.4) is 0 Å². The number of guanidine groups is 1. The van der Waals surface area contributed by atoms with Crippen LogP contribution >= 0.6 is 0 Å². The lowest BCUT2D eigenvalue weighted by molar-refractivity contribution is -0.385. The van der Waals surface area contributed by atoms with Crippen LogP contribution in [0, 0.1) is 10.1 Å². The largest absolute Gasteiger partial charge is 0.490 e. The van der Waals surface area contributed by atoms with Gasteiger partial charge in [-0.15, -0.1) is 0 Å². The van der Waals surface area contributed by atoms with Crippen molar-refractivity contribution in [3.05, 3.63) is 33.9 Å². The molecule has 1 aromatic rings. The van der Waals surface area contributed by atoms with E-state index < -0.39 is 4.92 Å². The molecule has 0 atom stereocenters. The molecule has 0 spiro atoms. The number of hydrogen-bond acceptors (Lipinski definition) is 4. The van der Waals surface area contributed by atoms with Crippen molar-refractivity contribution in [2.24, 2.45) is 10.7 Å². The Morgan fingerprint density at radius 3 is 2.86 bits per heavy atom. The van der Waals surface area contributed by atoms with Gasteiger partial charge in [0.2, 0.25) is 0 Å². The molecule has 0 heterocycles. The van der Waals surface area contributed by atoms with Gasteiger partial charge in [-0.3, -0.25) is 10.1 Å². The van der Waals surface area contributed by atoms with Crippen molar-refractivity contribution in [1.82, 2.24) is 5.32 Å². The zero-order chi connectivity index (χ0) is 15.2. The first kappa shape index (κ1) is 15.1. The summed E-state index contributed by atoms with van der Waals surface area (Å²) in [6.45, 7) is 0.302. The minimum Gasteiger partial charge on any atom is -0.490 e. The van der Waals surface area contributed by atoms with Gasteiger partial charge < -0.3 is 15.8 Å². The van der Waals surface area contributed by atoms with E-state index in [1.54, 1.807) is 12.1 Å². The molecular formula is C14H20N4O3. The summed E-state index contributed by atoms with van der Waals surface area (Å²) in [6, 6.07) is 5.19. The van der Waals surface area contributed by atoms with Crippen LogP contribution in [0.15, 0.2) is 23.2 Å². The van der Waals surface area contributed by atoms with Gasteiger partial charge in [0, 0.05) is 12.1 Å². The van der Waals surface area contributed by atoms with Crippen LogP contribution in [-0.4, -0.2) is 24.0 Å². The van der Waals surface area contributed by atoms with Crippen LogP contribution in [0.2, 0.25) is 0 Å². The second-order valence-corrected chi connectivity index (χ2v) is 5.09. The molecule has 114 valence electrons. The van der Waals surface area contributed by atoms with E-state index in [1.807, 2.05) is 0 Å². The second kappa shape index (κ2) is 6.92. The van der Waals surface area contributed by atoms with E-state index in [4.69, 9.17) is 10.5 Å². The van der Waals surface area contributed by atoms with Crippen LogP contribution < -0.4 is 15.8 Å². The molecule has 2 rings (SSSR count). The highest BCUT2D eigenvalue weighted by atomic mass is 16.6. The fraction of sp³-hybridized carbons (Fsp3) is 0.500. The molecule has 0 unspecified atom stereocenters. The van der Waals surface area contributed by atoms with Crippen LogP contribution in [-0.2, 0) is 6.54 Å². The molecule has 21 heavy (non-hydrogen) atoms. The number of aliphatic imine (C=N–C) groups is 1. The molecule has 1 aliphatic rings. The quantitative estimate of drug-likeness (QED) is 0.374. The van der Waals surface area contributed by atoms with Gasteiger partial charge >= 0.3 is 5.69 Å². The molecule has 3 N–H and O–H groups in total. The molecular weight excluding hydrogens is 272 g/mol. The predicted molar refractivity (Wildman–Crippen MR) is 80.4 cm³/mol. The molecule has 0 saturated heterocycles. The number of nitro groups is 1. The maximum absolute atomic E-state index is 11.0. The lowest BCUT2D eigenvalue weighted by Crippen LogP contribution is -2.38. The number of nitro benzene ring substituents is 1. The number of methoxy groups -OCH3 is 1. The topological polar surface area (TPSA) is 103 Å². The minimum absolute atomic E-state index is 0.0625. The molecule has 1 fully saturated rings. The highest BCUT2D eigenvalue weighted by molar-refractivity contribution is 5.78. The zero-order valence-electron chi connectivity index (χ0n) is 12.0. The highest BCUT2D eigenvalue weighted by Crippen LogP contribution is 2.27. The summed E-state index contributed by atoms with van der Waals surface area (Å²) in [7, 11) is 1.41. The molecule has 1 aliphatic carbocycles. The van der Waals surface area contributed by atoms with E-state index in [1.165, 1.54) is 26.0 Å². The first-order valence-electron chi connectivity index (χ1n) is 6.98. The monoisotopic (exact) mass is 292 g/mol. The summed E-state index contributed by atoms with van der Waals surface area (Å²) in [6.07, 6.45) is 4.67. The SMILES string of the molecule is COc1ccc(CN=C(N)NC2CCCC2)cc1[N+](=O)[O-]. The molecule has 7 nitrogen and oxygen atoms in total. The standard InChI is InChI=1S/C14H20N4O3/c1-21-13-7-6-10(8-12(13)18(19)20)9-16-14(15)17-11-4-2-3-5-11/h6-8,11H,2-5,9H2,1H3,(H3,15,16,17). The Kier molecular flexibility index (Phi) is 4.97. The van der Waals surface area contributed by atoms with Crippen LogP contribution in [0.25, 0.3) is 0 Å². The number of nitrogens with zero attached hydrogens (tertiary/aromatic N) is 2. The van der Waals surface area contributed by atoms with Gasteiger partial charge in [0.15, 0.2) is 11.7 Å². The van der Waals surface area contributed by atoms with Crippen molar-refractivity contribution < 1.29 is 9.66 Å². The van der Waals surface area contributed by atoms with Crippen molar-refractivity contribution in [2.45, 2.75) is 38.3 Å². The second-order valence-electron chi connectivity index (χ2n) is 5.09. The molecule has 0 aromatic heterocycles. The fourth-order valence-corrected chi connectivity index (χ4v) is 2.48. The Morgan fingerprint density at radius 2 is 2.24 bits per heavy atom. The number of rotatable bonds is 5. The smallest absolute Gasteiger partial charge is 0.311 e. The van der Waals surface area contributed by atoms with E-state index in [0.717, 1.165) is 18.4 Å². The van der Waals surface area contributed by atoms with E-state index in [9.17, 15) is 10.1 Å². The number of nitrogens with two attached hydrogens (primary N) is 1. The summed E-state index contributed by atoms with van der Waals surface area (Å²) < 4.78 is 4.96. The molecule has 0 radical (unpaired) electrons. The van der Waals surface area contributed by atoms with E-state index in [0.29, 0.717) is 18.5 Å². The average Bonchev–Trinajstić information content (AvgIpc) is 2.97. The maximum atomic E-state index is 11.0. The van der Waals surface area contributed by atoms with E-state index >= 15 is 0 Å². The Morgan fingerprint density at radius 1 is 1.52 bits per heavy atom. The van der Waals surface area contributed by atoms with Gasteiger partial charge in [-0.1, -0.05) is 18.9 Å². The van der Waals surface area contributed by atoms with Gasteiger partial charge in [0.05, 0.1) is 18.6 Å². The number of hydrogen-bond donors (Lipinski definition) is 2.